The molecule has 0 aliphatic carbocycles. The molecule has 1 N–H and O–H groups in total. The average Bonchev–Trinajstić information content (AvgIpc) is 2.57. The fraction of sp³-hybridized carbons (Fsp3) is 0.300. The number of anilines is 1. The fourth-order valence-electron chi connectivity index (χ4n) is 2.70. The second kappa shape index (κ2) is 9.06. The first-order chi connectivity index (χ1) is 12.3. The van der Waals surface area contributed by atoms with Gasteiger partial charge in [-0.1, -0.05) is 47.8 Å². The smallest absolute Gasteiger partial charge is 0.254 e. The first kappa shape index (κ1) is 20.3. The van der Waals surface area contributed by atoms with Gasteiger partial charge in [-0.25, -0.2) is 0 Å². The molecule has 4 nitrogen and oxygen atoms in total. The summed E-state index contributed by atoms with van der Waals surface area (Å²) in [6.45, 7) is 6.28. The summed E-state index contributed by atoms with van der Waals surface area (Å²) in [7, 11) is 0. The molecular weight excluding hydrogens is 371 g/mol. The monoisotopic (exact) mass is 392 g/mol. The van der Waals surface area contributed by atoms with E-state index in [1.807, 2.05) is 32.9 Å². The van der Waals surface area contributed by atoms with E-state index in [1.54, 1.807) is 29.2 Å². The second-order valence-electron chi connectivity index (χ2n) is 6.22. The van der Waals surface area contributed by atoms with Gasteiger partial charge in [0.05, 0.1) is 10.7 Å². The van der Waals surface area contributed by atoms with E-state index in [4.69, 9.17) is 23.2 Å². The van der Waals surface area contributed by atoms with Crippen LogP contribution in [0.3, 0.4) is 0 Å². The van der Waals surface area contributed by atoms with Gasteiger partial charge in [-0.3, -0.25) is 9.59 Å². The minimum absolute atomic E-state index is 0.0527. The van der Waals surface area contributed by atoms with E-state index < -0.39 is 0 Å². The number of amides is 2. The zero-order chi connectivity index (χ0) is 19.3. The van der Waals surface area contributed by atoms with Crippen molar-refractivity contribution in [3.63, 3.8) is 0 Å². The minimum Gasteiger partial charge on any atom is -0.329 e. The quantitative estimate of drug-likeness (QED) is 0.742. The standard InChI is InChI=1S/C20H22Cl2N2O2/c1-4-9-24(20(26)16-7-5-13(2)10-14(16)3)12-19(25)23-18-11-15(21)6-8-17(18)22/h5-8,10-11H,4,9,12H2,1-3H3,(H,23,25). The Labute approximate surface area is 164 Å². The van der Waals surface area contributed by atoms with Crippen molar-refractivity contribution in [2.24, 2.45) is 0 Å². The number of carbonyl (C=O) groups excluding carboxylic acids is 2. The Balaban J connectivity index is 2.15. The lowest BCUT2D eigenvalue weighted by atomic mass is 10.0. The van der Waals surface area contributed by atoms with Crippen molar-refractivity contribution in [3.05, 3.63) is 63.1 Å². The molecule has 0 unspecified atom stereocenters. The molecule has 0 atom stereocenters. The first-order valence-electron chi connectivity index (χ1n) is 8.43. The lowest BCUT2D eigenvalue weighted by Gasteiger charge is -2.23. The van der Waals surface area contributed by atoms with Crippen LogP contribution in [-0.2, 0) is 4.79 Å². The van der Waals surface area contributed by atoms with E-state index in [2.05, 4.69) is 5.32 Å². The molecular formula is C20H22Cl2N2O2. The van der Waals surface area contributed by atoms with Gasteiger partial charge in [0.25, 0.3) is 5.91 Å². The highest BCUT2D eigenvalue weighted by atomic mass is 35.5. The Morgan fingerprint density at radius 2 is 1.81 bits per heavy atom. The summed E-state index contributed by atoms with van der Waals surface area (Å²) in [6.07, 6.45) is 0.752. The third-order valence-corrected chi connectivity index (χ3v) is 4.49. The SMILES string of the molecule is CCCN(CC(=O)Nc1cc(Cl)ccc1Cl)C(=O)c1ccc(C)cc1C. The van der Waals surface area contributed by atoms with Gasteiger partial charge in [0.15, 0.2) is 0 Å². The highest BCUT2D eigenvalue weighted by Gasteiger charge is 2.20. The molecule has 6 heteroatoms. The highest BCUT2D eigenvalue weighted by molar-refractivity contribution is 6.35. The molecule has 0 saturated heterocycles. The van der Waals surface area contributed by atoms with Crippen molar-refractivity contribution < 1.29 is 9.59 Å². The lowest BCUT2D eigenvalue weighted by molar-refractivity contribution is -0.116. The fourth-order valence-corrected chi connectivity index (χ4v) is 3.04. The molecule has 0 aliphatic rings. The summed E-state index contributed by atoms with van der Waals surface area (Å²) in [6, 6.07) is 10.5. The first-order valence-corrected chi connectivity index (χ1v) is 9.18. The second-order valence-corrected chi connectivity index (χ2v) is 7.06. The Morgan fingerprint density at radius 3 is 2.46 bits per heavy atom. The van der Waals surface area contributed by atoms with Crippen molar-refractivity contribution in [1.82, 2.24) is 4.90 Å². The predicted molar refractivity (Wildman–Crippen MR) is 107 cm³/mol. The summed E-state index contributed by atoms with van der Waals surface area (Å²) in [4.78, 5) is 26.9. The van der Waals surface area contributed by atoms with Crippen LogP contribution in [0.5, 0.6) is 0 Å². The zero-order valence-electron chi connectivity index (χ0n) is 15.1. The van der Waals surface area contributed by atoms with Gasteiger partial charge in [0, 0.05) is 17.1 Å². The molecule has 0 saturated carbocycles. The van der Waals surface area contributed by atoms with E-state index in [-0.39, 0.29) is 18.4 Å². The molecule has 0 radical (unpaired) electrons. The van der Waals surface area contributed by atoms with E-state index in [1.165, 1.54) is 0 Å². The number of rotatable bonds is 6. The number of carbonyl (C=O) groups is 2. The summed E-state index contributed by atoms with van der Waals surface area (Å²) >= 11 is 12.0. The van der Waals surface area contributed by atoms with Crippen LogP contribution in [0.2, 0.25) is 10.0 Å². The number of nitrogens with zero attached hydrogens (tertiary/aromatic N) is 1. The molecule has 0 heterocycles. The van der Waals surface area contributed by atoms with E-state index >= 15 is 0 Å². The maximum atomic E-state index is 12.9. The maximum absolute atomic E-state index is 12.9. The number of aryl methyl sites for hydroxylation is 2. The Kier molecular flexibility index (Phi) is 7.06. The van der Waals surface area contributed by atoms with Crippen molar-refractivity contribution >= 4 is 40.7 Å². The minimum atomic E-state index is -0.319. The van der Waals surface area contributed by atoms with Gasteiger partial charge in [-0.15, -0.1) is 0 Å². The zero-order valence-corrected chi connectivity index (χ0v) is 16.6. The topological polar surface area (TPSA) is 49.4 Å². The lowest BCUT2D eigenvalue weighted by Crippen LogP contribution is -2.38. The largest absolute Gasteiger partial charge is 0.329 e. The summed E-state index contributed by atoms with van der Waals surface area (Å²) < 4.78 is 0. The molecule has 2 amide bonds. The van der Waals surface area contributed by atoms with Crippen LogP contribution >= 0.6 is 23.2 Å². The highest BCUT2D eigenvalue weighted by Crippen LogP contribution is 2.25. The third-order valence-electron chi connectivity index (χ3n) is 3.93. The molecule has 138 valence electrons. The van der Waals surface area contributed by atoms with Crippen LogP contribution in [0.1, 0.15) is 34.8 Å². The van der Waals surface area contributed by atoms with Crippen molar-refractivity contribution in [1.29, 1.82) is 0 Å². The van der Waals surface area contributed by atoms with Crippen molar-refractivity contribution in [3.8, 4) is 0 Å². The number of hydrogen-bond donors (Lipinski definition) is 1. The number of benzene rings is 2. The van der Waals surface area contributed by atoms with E-state index in [0.717, 1.165) is 17.5 Å². The van der Waals surface area contributed by atoms with Crippen LogP contribution in [0.25, 0.3) is 0 Å². The van der Waals surface area contributed by atoms with Gasteiger partial charge >= 0.3 is 0 Å². The Hall–Kier alpha value is -2.04. The van der Waals surface area contributed by atoms with E-state index in [9.17, 15) is 9.59 Å². The average molecular weight is 393 g/mol. The molecule has 0 aromatic heterocycles. The number of hydrogen-bond acceptors (Lipinski definition) is 2. The molecule has 0 aliphatic heterocycles. The number of nitrogens with one attached hydrogen (secondary N) is 1. The van der Waals surface area contributed by atoms with Gasteiger partial charge in [0.1, 0.15) is 6.54 Å². The number of halogens is 2. The Bertz CT molecular complexity index is 821. The van der Waals surface area contributed by atoms with Crippen molar-refractivity contribution in [2.45, 2.75) is 27.2 Å². The molecule has 2 aromatic carbocycles. The van der Waals surface area contributed by atoms with Crippen LogP contribution < -0.4 is 5.32 Å². The van der Waals surface area contributed by atoms with Crippen molar-refractivity contribution in [2.75, 3.05) is 18.4 Å². The summed E-state index contributed by atoms with van der Waals surface area (Å²) in [5.74, 6) is -0.475. The predicted octanol–water partition coefficient (Wildman–Crippen LogP) is 5.10. The molecule has 2 rings (SSSR count). The molecule has 2 aromatic rings. The molecule has 26 heavy (non-hydrogen) atoms. The van der Waals surface area contributed by atoms with Crippen LogP contribution in [0, 0.1) is 13.8 Å². The summed E-state index contributed by atoms with van der Waals surface area (Å²) in [5, 5.41) is 3.59. The van der Waals surface area contributed by atoms with Gasteiger partial charge in [-0.2, -0.15) is 0 Å². The van der Waals surface area contributed by atoms with Crippen LogP contribution in [0.15, 0.2) is 36.4 Å². The normalized spacial score (nSPS) is 10.5. The summed E-state index contributed by atoms with van der Waals surface area (Å²) in [5.41, 5.74) is 3.03. The molecule has 0 spiro atoms. The van der Waals surface area contributed by atoms with Gasteiger partial charge in [-0.05, 0) is 50.1 Å². The molecule has 0 bridgehead atoms. The van der Waals surface area contributed by atoms with Crippen LogP contribution in [0.4, 0.5) is 5.69 Å². The van der Waals surface area contributed by atoms with E-state index in [0.29, 0.717) is 27.8 Å². The van der Waals surface area contributed by atoms with Gasteiger partial charge in [0.2, 0.25) is 5.91 Å². The van der Waals surface area contributed by atoms with Crippen LogP contribution in [-0.4, -0.2) is 29.8 Å². The molecule has 0 fully saturated rings. The maximum Gasteiger partial charge on any atom is 0.254 e. The van der Waals surface area contributed by atoms with Gasteiger partial charge < -0.3 is 10.2 Å². The Morgan fingerprint density at radius 1 is 1.08 bits per heavy atom. The third kappa shape index (κ3) is 5.23.